The molecule has 1 rings (SSSR count). The second-order valence-corrected chi connectivity index (χ2v) is 3.60. The van der Waals surface area contributed by atoms with Gasteiger partial charge in [0.25, 0.3) is 0 Å². The van der Waals surface area contributed by atoms with Crippen molar-refractivity contribution in [1.82, 2.24) is 15.2 Å². The fraction of sp³-hybridized carbons (Fsp3) is 0.444. The van der Waals surface area contributed by atoms with E-state index in [0.717, 1.165) is 0 Å². The molecule has 0 saturated carbocycles. The number of rotatable bonds is 4. The maximum atomic E-state index is 11.5. The summed E-state index contributed by atoms with van der Waals surface area (Å²) in [7, 11) is 2.56. The van der Waals surface area contributed by atoms with Crippen molar-refractivity contribution in [2.45, 2.75) is 12.1 Å². The van der Waals surface area contributed by atoms with Crippen LogP contribution in [0.25, 0.3) is 0 Å². The third-order valence-electron chi connectivity index (χ3n) is 1.67. The first-order valence-electron chi connectivity index (χ1n) is 4.60. The Morgan fingerprint density at radius 1 is 1.35 bits per heavy atom. The largest absolute Gasteiger partial charge is 0.466 e. The highest BCUT2D eigenvalue weighted by molar-refractivity contribution is 7.98. The van der Waals surface area contributed by atoms with Gasteiger partial charge in [0.1, 0.15) is 0 Å². The molecule has 17 heavy (non-hydrogen) atoms. The SMILES string of the molecule is CON(OC)C(=O)Oc1cc(C)nc(SC)n1. The fourth-order valence-electron chi connectivity index (χ4n) is 1.01. The zero-order chi connectivity index (χ0) is 12.8. The normalized spacial score (nSPS) is 10.1. The molecule has 7 nitrogen and oxygen atoms in total. The number of ether oxygens (including phenoxy) is 1. The van der Waals surface area contributed by atoms with Crippen molar-refractivity contribution in [3.05, 3.63) is 11.8 Å². The molecule has 0 aliphatic rings. The average Bonchev–Trinajstić information content (AvgIpc) is 2.29. The van der Waals surface area contributed by atoms with Crippen LogP contribution in [-0.2, 0) is 9.68 Å². The van der Waals surface area contributed by atoms with Crippen LogP contribution < -0.4 is 4.74 Å². The smallest absolute Gasteiger partial charge is 0.388 e. The molecule has 1 heterocycles. The van der Waals surface area contributed by atoms with E-state index in [9.17, 15) is 4.79 Å². The van der Waals surface area contributed by atoms with Gasteiger partial charge in [-0.25, -0.2) is 19.5 Å². The Hall–Kier alpha value is -1.38. The van der Waals surface area contributed by atoms with E-state index < -0.39 is 6.09 Å². The second-order valence-electron chi connectivity index (χ2n) is 2.82. The molecule has 0 spiro atoms. The molecule has 1 amide bonds. The Morgan fingerprint density at radius 2 is 2.00 bits per heavy atom. The summed E-state index contributed by atoms with van der Waals surface area (Å²) in [6.45, 7) is 1.78. The van der Waals surface area contributed by atoms with E-state index in [4.69, 9.17) is 4.74 Å². The molecule has 0 aliphatic carbocycles. The third kappa shape index (κ3) is 3.84. The number of aryl methyl sites for hydroxylation is 1. The number of thioether (sulfide) groups is 1. The maximum Gasteiger partial charge on any atom is 0.466 e. The minimum atomic E-state index is -0.819. The number of hydrogen-bond acceptors (Lipinski definition) is 7. The van der Waals surface area contributed by atoms with Gasteiger partial charge in [0.2, 0.25) is 5.88 Å². The van der Waals surface area contributed by atoms with Crippen molar-refractivity contribution < 1.29 is 19.2 Å². The van der Waals surface area contributed by atoms with Crippen LogP contribution in [0.2, 0.25) is 0 Å². The summed E-state index contributed by atoms with van der Waals surface area (Å²) in [5.74, 6) is 0.144. The van der Waals surface area contributed by atoms with E-state index in [0.29, 0.717) is 16.1 Å². The van der Waals surface area contributed by atoms with Gasteiger partial charge in [0, 0.05) is 11.8 Å². The first kappa shape index (κ1) is 13.7. The number of aromatic nitrogens is 2. The van der Waals surface area contributed by atoms with Gasteiger partial charge in [0.05, 0.1) is 14.2 Å². The minimum absolute atomic E-state index is 0.144. The summed E-state index contributed by atoms with van der Waals surface area (Å²) in [5, 5.41) is 1.12. The summed E-state index contributed by atoms with van der Waals surface area (Å²) >= 11 is 1.35. The first-order valence-corrected chi connectivity index (χ1v) is 5.83. The fourth-order valence-corrected chi connectivity index (χ4v) is 1.42. The Bertz CT molecular complexity index is 398. The molecule has 0 unspecified atom stereocenters. The van der Waals surface area contributed by atoms with Gasteiger partial charge < -0.3 is 4.74 Å². The molecule has 1 aromatic heterocycles. The Labute approximate surface area is 103 Å². The van der Waals surface area contributed by atoms with Gasteiger partial charge >= 0.3 is 6.09 Å². The van der Waals surface area contributed by atoms with Gasteiger partial charge in [-0.1, -0.05) is 11.8 Å². The Kier molecular flexibility index (Phi) is 5.13. The van der Waals surface area contributed by atoms with Crippen LogP contribution in [0.5, 0.6) is 5.88 Å². The number of carbonyl (C=O) groups is 1. The highest BCUT2D eigenvalue weighted by Gasteiger charge is 2.17. The van der Waals surface area contributed by atoms with Crippen molar-refractivity contribution >= 4 is 17.9 Å². The van der Waals surface area contributed by atoms with E-state index in [-0.39, 0.29) is 5.88 Å². The van der Waals surface area contributed by atoms with Gasteiger partial charge in [-0.2, -0.15) is 4.98 Å². The van der Waals surface area contributed by atoms with Gasteiger partial charge in [-0.05, 0) is 18.4 Å². The van der Waals surface area contributed by atoms with Crippen LogP contribution in [0, 0.1) is 6.92 Å². The zero-order valence-electron chi connectivity index (χ0n) is 9.96. The molecular weight excluding hydrogens is 246 g/mol. The van der Waals surface area contributed by atoms with Crippen molar-refractivity contribution in [1.29, 1.82) is 0 Å². The summed E-state index contributed by atoms with van der Waals surface area (Å²) in [6.07, 6.45) is 1.01. The quantitative estimate of drug-likeness (QED) is 0.460. The lowest BCUT2D eigenvalue weighted by Crippen LogP contribution is -2.31. The average molecular weight is 259 g/mol. The molecule has 8 heteroatoms. The summed E-state index contributed by atoms with van der Waals surface area (Å²) in [6, 6.07) is 1.54. The molecule has 0 N–H and O–H groups in total. The van der Waals surface area contributed by atoms with Crippen molar-refractivity contribution in [2.24, 2.45) is 0 Å². The second kappa shape index (κ2) is 6.38. The number of nitrogens with zero attached hydrogens (tertiary/aromatic N) is 3. The number of carbonyl (C=O) groups excluding carboxylic acids is 1. The molecule has 1 aromatic rings. The molecular formula is C9H13N3O4S. The number of hydrogen-bond donors (Lipinski definition) is 0. The monoisotopic (exact) mass is 259 g/mol. The standard InChI is InChI=1S/C9H13N3O4S/c1-6-5-7(11-8(10-6)17-4)16-9(13)12(14-2)15-3/h5H,1-4H3. The Balaban J connectivity index is 2.80. The highest BCUT2D eigenvalue weighted by Crippen LogP contribution is 2.16. The van der Waals surface area contributed by atoms with Crippen LogP contribution in [-0.4, -0.2) is 41.8 Å². The topological polar surface area (TPSA) is 73.8 Å². The van der Waals surface area contributed by atoms with Crippen molar-refractivity contribution in [2.75, 3.05) is 20.5 Å². The molecule has 0 aliphatic heterocycles. The predicted molar refractivity (Wildman–Crippen MR) is 60.4 cm³/mol. The molecule has 0 aromatic carbocycles. The lowest BCUT2D eigenvalue weighted by molar-refractivity contribution is -0.305. The lowest BCUT2D eigenvalue weighted by atomic mass is 10.4. The lowest BCUT2D eigenvalue weighted by Gasteiger charge is -2.14. The van der Waals surface area contributed by atoms with Crippen LogP contribution >= 0.6 is 11.8 Å². The van der Waals surface area contributed by atoms with E-state index in [2.05, 4.69) is 19.6 Å². The van der Waals surface area contributed by atoms with Gasteiger partial charge in [-0.3, -0.25) is 0 Å². The Morgan fingerprint density at radius 3 is 2.53 bits per heavy atom. The third-order valence-corrected chi connectivity index (χ3v) is 2.21. The minimum Gasteiger partial charge on any atom is -0.388 e. The van der Waals surface area contributed by atoms with E-state index in [1.54, 1.807) is 13.0 Å². The number of hydroxylamine groups is 2. The van der Waals surface area contributed by atoms with Crippen LogP contribution in [0.15, 0.2) is 11.2 Å². The molecule has 0 atom stereocenters. The van der Waals surface area contributed by atoms with E-state index in [1.807, 2.05) is 6.26 Å². The summed E-state index contributed by atoms with van der Waals surface area (Å²) in [5.41, 5.74) is 0.702. The summed E-state index contributed by atoms with van der Waals surface area (Å²) in [4.78, 5) is 28.8. The van der Waals surface area contributed by atoms with Crippen LogP contribution in [0.1, 0.15) is 5.69 Å². The summed E-state index contributed by atoms with van der Waals surface area (Å²) < 4.78 is 4.95. The predicted octanol–water partition coefficient (Wildman–Crippen LogP) is 1.43. The maximum absolute atomic E-state index is 11.5. The van der Waals surface area contributed by atoms with Crippen molar-refractivity contribution in [3.63, 3.8) is 0 Å². The molecule has 0 bridgehead atoms. The van der Waals surface area contributed by atoms with Gasteiger partial charge in [0.15, 0.2) is 5.16 Å². The zero-order valence-corrected chi connectivity index (χ0v) is 10.8. The molecule has 0 saturated heterocycles. The number of amides is 1. The van der Waals surface area contributed by atoms with Crippen LogP contribution in [0.3, 0.4) is 0 Å². The molecule has 0 radical (unpaired) electrons. The highest BCUT2D eigenvalue weighted by atomic mass is 32.2. The van der Waals surface area contributed by atoms with E-state index in [1.165, 1.54) is 26.0 Å². The van der Waals surface area contributed by atoms with Gasteiger partial charge in [-0.15, -0.1) is 0 Å². The molecule has 0 fully saturated rings. The van der Waals surface area contributed by atoms with E-state index >= 15 is 0 Å². The first-order chi connectivity index (χ1) is 8.10. The molecule has 94 valence electrons. The van der Waals surface area contributed by atoms with Crippen molar-refractivity contribution in [3.8, 4) is 5.88 Å². The van der Waals surface area contributed by atoms with Crippen LogP contribution in [0.4, 0.5) is 4.79 Å².